The Balaban J connectivity index is 1.35. The van der Waals surface area contributed by atoms with Crippen LogP contribution in [0.5, 0.6) is 0 Å². The van der Waals surface area contributed by atoms with Crippen LogP contribution in [0.2, 0.25) is 0 Å². The number of carbonyl (C=O) groups excluding carboxylic acids is 1. The Labute approximate surface area is 170 Å². The first-order valence-corrected chi connectivity index (χ1v) is 10.5. The van der Waals surface area contributed by atoms with Crippen molar-refractivity contribution in [2.45, 2.75) is 19.8 Å². The van der Waals surface area contributed by atoms with Crippen molar-refractivity contribution in [3.8, 4) is 0 Å². The third-order valence-corrected chi connectivity index (χ3v) is 6.40. The van der Waals surface area contributed by atoms with Crippen molar-refractivity contribution in [3.63, 3.8) is 0 Å². The van der Waals surface area contributed by atoms with Crippen molar-refractivity contribution in [1.29, 1.82) is 0 Å². The molecule has 1 aliphatic heterocycles. The maximum Gasteiger partial charge on any atom is 0.227 e. The number of fused-ring (bicyclic) bond motifs is 1. The lowest BCUT2D eigenvalue weighted by atomic mass is 9.96. The Morgan fingerprint density at radius 1 is 1.14 bits per heavy atom. The van der Waals surface area contributed by atoms with E-state index in [1.807, 2.05) is 43.3 Å². The van der Waals surface area contributed by atoms with Gasteiger partial charge in [0.1, 0.15) is 0 Å². The van der Waals surface area contributed by atoms with Gasteiger partial charge in [0.15, 0.2) is 5.13 Å². The van der Waals surface area contributed by atoms with Crippen LogP contribution in [0.25, 0.3) is 10.2 Å². The number of thiazole rings is 1. The number of benzene rings is 2. The molecule has 2 aromatic carbocycles. The summed E-state index contributed by atoms with van der Waals surface area (Å²) in [5.74, 6) is 0.179. The molecule has 1 N–H and O–H groups in total. The molecule has 146 valence electrons. The molecule has 1 aromatic heterocycles. The maximum absolute atomic E-state index is 12.7. The van der Waals surface area contributed by atoms with Gasteiger partial charge in [0.25, 0.3) is 0 Å². The topological polar surface area (TPSA) is 48.5 Å². The average molecular weight is 395 g/mol. The fourth-order valence-electron chi connectivity index (χ4n) is 3.58. The zero-order valence-corrected chi connectivity index (χ0v) is 17.4. The summed E-state index contributed by atoms with van der Waals surface area (Å²) in [6, 6.07) is 14.4. The lowest BCUT2D eigenvalue weighted by Gasteiger charge is -2.31. The minimum absolute atomic E-state index is 0.0569. The smallest absolute Gasteiger partial charge is 0.227 e. The number of aromatic nitrogens is 1. The van der Waals surface area contributed by atoms with E-state index in [2.05, 4.69) is 35.3 Å². The molecular weight excluding hydrogens is 368 g/mol. The monoisotopic (exact) mass is 394 g/mol. The van der Waals surface area contributed by atoms with Gasteiger partial charge in [-0.25, -0.2) is 4.98 Å². The molecule has 0 spiro atoms. The summed E-state index contributed by atoms with van der Waals surface area (Å²) in [5.41, 5.74) is 4.31. The zero-order valence-electron chi connectivity index (χ0n) is 16.6. The number of anilines is 3. The SMILES string of the molecule is Cc1ccc2nc(N3CCC(C(=O)Nc4ccc(N(C)C)cc4)CC3)sc2c1. The Morgan fingerprint density at radius 3 is 2.54 bits per heavy atom. The Kier molecular flexibility index (Phi) is 5.22. The van der Waals surface area contributed by atoms with Gasteiger partial charge in [0, 0.05) is 44.5 Å². The van der Waals surface area contributed by atoms with Crippen molar-refractivity contribution >= 4 is 44.0 Å². The highest BCUT2D eigenvalue weighted by molar-refractivity contribution is 7.22. The molecule has 5 nitrogen and oxygen atoms in total. The number of hydrogen-bond donors (Lipinski definition) is 1. The molecule has 2 heterocycles. The van der Waals surface area contributed by atoms with E-state index in [9.17, 15) is 4.79 Å². The van der Waals surface area contributed by atoms with Gasteiger partial charge in [-0.2, -0.15) is 0 Å². The van der Waals surface area contributed by atoms with Crippen LogP contribution in [0.4, 0.5) is 16.5 Å². The molecule has 28 heavy (non-hydrogen) atoms. The van der Waals surface area contributed by atoms with Crippen LogP contribution < -0.4 is 15.1 Å². The van der Waals surface area contributed by atoms with Crippen LogP contribution in [-0.4, -0.2) is 38.1 Å². The normalized spacial score (nSPS) is 15.0. The highest BCUT2D eigenvalue weighted by atomic mass is 32.1. The molecular formula is C22H26N4OS. The fourth-order valence-corrected chi connectivity index (χ4v) is 4.69. The Morgan fingerprint density at radius 2 is 1.86 bits per heavy atom. The van der Waals surface area contributed by atoms with E-state index < -0.39 is 0 Å². The van der Waals surface area contributed by atoms with Crippen LogP contribution in [0.1, 0.15) is 18.4 Å². The summed E-state index contributed by atoms with van der Waals surface area (Å²) in [6.07, 6.45) is 1.72. The lowest BCUT2D eigenvalue weighted by Crippen LogP contribution is -2.38. The first kappa shape index (κ1) is 18.7. The number of rotatable bonds is 4. The third-order valence-electron chi connectivity index (χ3n) is 5.32. The Hall–Kier alpha value is -2.60. The highest BCUT2D eigenvalue weighted by Crippen LogP contribution is 2.32. The summed E-state index contributed by atoms with van der Waals surface area (Å²) in [6.45, 7) is 3.85. The standard InChI is InChI=1S/C22H26N4OS/c1-15-4-9-19-20(14-15)28-22(24-19)26-12-10-16(11-13-26)21(27)23-17-5-7-18(8-6-17)25(2)3/h4-9,14,16H,10-13H2,1-3H3,(H,23,27). The van der Waals surface area contributed by atoms with E-state index >= 15 is 0 Å². The second-order valence-corrected chi connectivity index (χ2v) is 8.67. The molecule has 0 unspecified atom stereocenters. The molecule has 6 heteroatoms. The van der Waals surface area contributed by atoms with Crippen molar-refractivity contribution in [2.75, 3.05) is 42.3 Å². The van der Waals surface area contributed by atoms with Crippen LogP contribution in [-0.2, 0) is 4.79 Å². The van der Waals surface area contributed by atoms with E-state index in [0.717, 1.165) is 48.0 Å². The number of piperidine rings is 1. The molecule has 1 aliphatic rings. The molecule has 0 saturated carbocycles. The van der Waals surface area contributed by atoms with Crippen LogP contribution >= 0.6 is 11.3 Å². The number of aryl methyl sites for hydroxylation is 1. The van der Waals surface area contributed by atoms with Crippen molar-refractivity contribution in [2.24, 2.45) is 5.92 Å². The van der Waals surface area contributed by atoms with Crippen molar-refractivity contribution < 1.29 is 4.79 Å². The minimum atomic E-state index is 0.0569. The largest absolute Gasteiger partial charge is 0.378 e. The molecule has 0 atom stereocenters. The first-order chi connectivity index (χ1) is 13.5. The van der Waals surface area contributed by atoms with E-state index in [1.54, 1.807) is 11.3 Å². The summed E-state index contributed by atoms with van der Waals surface area (Å²) in [7, 11) is 4.02. The van der Waals surface area contributed by atoms with Gasteiger partial charge in [-0.1, -0.05) is 17.4 Å². The summed E-state index contributed by atoms with van der Waals surface area (Å²) in [5, 5.41) is 4.14. The van der Waals surface area contributed by atoms with Crippen molar-refractivity contribution in [1.82, 2.24) is 4.98 Å². The van der Waals surface area contributed by atoms with Crippen LogP contribution in [0.15, 0.2) is 42.5 Å². The summed E-state index contributed by atoms with van der Waals surface area (Å²) in [4.78, 5) is 21.8. The van der Waals surface area contributed by atoms with Gasteiger partial charge in [0.2, 0.25) is 5.91 Å². The van der Waals surface area contributed by atoms with Gasteiger partial charge < -0.3 is 15.1 Å². The predicted octanol–water partition coefficient (Wildman–Crippen LogP) is 4.53. The van der Waals surface area contributed by atoms with Gasteiger partial charge in [-0.15, -0.1) is 0 Å². The molecule has 0 radical (unpaired) electrons. The highest BCUT2D eigenvalue weighted by Gasteiger charge is 2.26. The third kappa shape index (κ3) is 3.97. The predicted molar refractivity (Wildman–Crippen MR) is 119 cm³/mol. The summed E-state index contributed by atoms with van der Waals surface area (Å²) >= 11 is 1.74. The second kappa shape index (κ2) is 7.80. The minimum Gasteiger partial charge on any atom is -0.378 e. The molecule has 1 fully saturated rings. The van der Waals surface area contributed by atoms with Gasteiger partial charge in [-0.05, 0) is 61.7 Å². The lowest BCUT2D eigenvalue weighted by molar-refractivity contribution is -0.120. The number of nitrogens with zero attached hydrogens (tertiary/aromatic N) is 3. The van der Waals surface area contributed by atoms with Gasteiger partial charge >= 0.3 is 0 Å². The van der Waals surface area contributed by atoms with Gasteiger partial charge in [-0.3, -0.25) is 4.79 Å². The molecule has 4 rings (SSSR count). The average Bonchev–Trinajstić information content (AvgIpc) is 3.11. The number of carbonyl (C=O) groups is 1. The van der Waals surface area contributed by atoms with Gasteiger partial charge in [0.05, 0.1) is 10.2 Å². The van der Waals surface area contributed by atoms with E-state index in [-0.39, 0.29) is 11.8 Å². The van der Waals surface area contributed by atoms with Crippen molar-refractivity contribution in [3.05, 3.63) is 48.0 Å². The molecule has 0 aliphatic carbocycles. The summed E-state index contributed by atoms with van der Waals surface area (Å²) < 4.78 is 1.23. The first-order valence-electron chi connectivity index (χ1n) is 9.70. The Bertz CT molecular complexity index is 972. The maximum atomic E-state index is 12.7. The zero-order chi connectivity index (χ0) is 19.7. The van der Waals surface area contributed by atoms with Crippen LogP contribution in [0.3, 0.4) is 0 Å². The molecule has 1 amide bonds. The second-order valence-electron chi connectivity index (χ2n) is 7.66. The quantitative estimate of drug-likeness (QED) is 0.706. The van der Waals surface area contributed by atoms with Crippen LogP contribution in [0, 0.1) is 12.8 Å². The van der Waals surface area contributed by atoms with E-state index in [4.69, 9.17) is 4.98 Å². The molecule has 1 saturated heterocycles. The van der Waals surface area contributed by atoms with E-state index in [0.29, 0.717) is 0 Å². The van der Waals surface area contributed by atoms with E-state index in [1.165, 1.54) is 10.3 Å². The molecule has 0 bridgehead atoms. The number of nitrogens with one attached hydrogen (secondary N) is 1. The number of amides is 1. The fraction of sp³-hybridized carbons (Fsp3) is 0.364. The molecule has 3 aromatic rings. The number of hydrogen-bond acceptors (Lipinski definition) is 5.